The summed E-state index contributed by atoms with van der Waals surface area (Å²) >= 11 is 0. The molecule has 0 bridgehead atoms. The molecular weight excluding hydrogens is 745 g/mol. The van der Waals surface area contributed by atoms with E-state index in [1.165, 1.54) is 0 Å². The lowest BCUT2D eigenvalue weighted by molar-refractivity contribution is 1.07. The van der Waals surface area contributed by atoms with E-state index in [2.05, 4.69) is 116 Å². The lowest BCUT2D eigenvalue weighted by Crippen LogP contribution is -2.02. The Morgan fingerprint density at radius 2 is 0.672 bits per heavy atom. The molecule has 0 spiro atoms. The zero-order valence-corrected chi connectivity index (χ0v) is 33.4. The number of aromatic nitrogens is 6. The number of nitrogens with zero attached hydrogens (tertiary/aromatic N) is 6. The van der Waals surface area contributed by atoms with Crippen LogP contribution in [0.25, 0.3) is 102 Å². The predicted molar refractivity (Wildman–Crippen MR) is 247 cm³/mol. The van der Waals surface area contributed by atoms with Crippen LogP contribution in [0, 0.1) is 6.92 Å². The highest BCUT2D eigenvalue weighted by atomic mass is 15.0. The lowest BCUT2D eigenvalue weighted by atomic mass is 9.87. The summed E-state index contributed by atoms with van der Waals surface area (Å²) in [6.45, 7) is 2.11. The number of hydrogen-bond donors (Lipinski definition) is 0. The predicted octanol–water partition coefficient (Wildman–Crippen LogP) is 13.4. The molecule has 3 aromatic heterocycles. The summed E-state index contributed by atoms with van der Waals surface area (Å²) in [6.07, 6.45) is 1.83. The molecule has 0 aliphatic heterocycles. The molecule has 0 fully saturated rings. The first kappa shape index (κ1) is 37.1. The first-order valence-electron chi connectivity index (χ1n) is 20.3. The van der Waals surface area contributed by atoms with Gasteiger partial charge in [-0.2, -0.15) is 0 Å². The highest BCUT2D eigenvalue weighted by Gasteiger charge is 2.22. The van der Waals surface area contributed by atoms with Crippen LogP contribution in [0.1, 0.15) is 5.56 Å². The molecule has 3 heterocycles. The van der Waals surface area contributed by atoms with E-state index in [9.17, 15) is 0 Å². The maximum atomic E-state index is 5.36. The molecule has 10 aromatic rings. The molecule has 0 aliphatic carbocycles. The Bertz CT molecular complexity index is 3000. The largest absolute Gasteiger partial charge is 0.256 e. The second-order valence-electron chi connectivity index (χ2n) is 14.7. The van der Waals surface area contributed by atoms with Gasteiger partial charge in [-0.1, -0.05) is 188 Å². The van der Waals surface area contributed by atoms with Gasteiger partial charge in [0.2, 0.25) is 0 Å². The lowest BCUT2D eigenvalue weighted by Gasteiger charge is -2.19. The first-order chi connectivity index (χ1) is 30.2. The quantitative estimate of drug-likeness (QED) is 0.145. The Hall–Kier alpha value is -8.22. The van der Waals surface area contributed by atoms with Crippen molar-refractivity contribution >= 4 is 0 Å². The highest BCUT2D eigenvalue weighted by Crippen LogP contribution is 2.43. The van der Waals surface area contributed by atoms with Crippen LogP contribution in [0.2, 0.25) is 0 Å². The van der Waals surface area contributed by atoms with E-state index in [1.807, 2.05) is 103 Å². The summed E-state index contributed by atoms with van der Waals surface area (Å²) in [4.78, 5) is 30.8. The highest BCUT2D eigenvalue weighted by molar-refractivity contribution is 5.96. The maximum Gasteiger partial charge on any atom is 0.164 e. The molecule has 0 atom stereocenters. The van der Waals surface area contributed by atoms with E-state index in [4.69, 9.17) is 29.9 Å². The minimum absolute atomic E-state index is 0.582. The van der Waals surface area contributed by atoms with Crippen LogP contribution in [0.4, 0.5) is 0 Å². The third-order valence-electron chi connectivity index (χ3n) is 10.8. The molecule has 6 heteroatoms. The van der Waals surface area contributed by atoms with Gasteiger partial charge in [0.15, 0.2) is 23.3 Å². The Morgan fingerprint density at radius 1 is 0.279 bits per heavy atom. The van der Waals surface area contributed by atoms with Crippen LogP contribution in [0.3, 0.4) is 0 Å². The monoisotopic (exact) mass is 782 g/mol. The van der Waals surface area contributed by atoms with Crippen molar-refractivity contribution in [3.05, 3.63) is 218 Å². The molecule has 288 valence electrons. The van der Waals surface area contributed by atoms with Crippen LogP contribution >= 0.6 is 0 Å². The molecule has 0 aliphatic rings. The fourth-order valence-corrected chi connectivity index (χ4v) is 7.84. The van der Waals surface area contributed by atoms with E-state index < -0.39 is 0 Å². The molecule has 6 nitrogen and oxygen atoms in total. The Morgan fingerprint density at radius 3 is 1.16 bits per heavy atom. The minimum atomic E-state index is 0.582. The molecule has 0 radical (unpaired) electrons. The molecule has 7 aromatic carbocycles. The zero-order valence-electron chi connectivity index (χ0n) is 33.4. The van der Waals surface area contributed by atoms with Gasteiger partial charge in [0, 0.05) is 50.7 Å². The van der Waals surface area contributed by atoms with Crippen molar-refractivity contribution in [3.8, 4) is 102 Å². The molecule has 0 unspecified atom stereocenters. The van der Waals surface area contributed by atoms with Gasteiger partial charge < -0.3 is 0 Å². The Kier molecular flexibility index (Phi) is 10.1. The van der Waals surface area contributed by atoms with E-state index in [-0.39, 0.29) is 0 Å². The number of pyridine rings is 1. The standard InChI is InChI=1S/C55H38N6/c1-37-50(38-20-6-2-7-21-38)57-54(58-51(37)39-22-8-3-9-23-39)47-31-17-15-29-44(47)48-36-42(49-32-18-19-35-56-49)33-34-45(48)43-28-14-16-30-46(43)55-60-52(40-24-10-4-11-25-40)59-53(61-55)41-26-12-5-13-27-41/h2-36H,1H3. The van der Waals surface area contributed by atoms with Crippen molar-refractivity contribution in [2.45, 2.75) is 6.92 Å². The first-order valence-corrected chi connectivity index (χ1v) is 20.3. The molecule has 61 heavy (non-hydrogen) atoms. The van der Waals surface area contributed by atoms with Crippen molar-refractivity contribution in [1.29, 1.82) is 0 Å². The number of rotatable bonds is 9. The molecular formula is C55H38N6. The summed E-state index contributed by atoms with van der Waals surface area (Å²) in [5.74, 6) is 2.43. The summed E-state index contributed by atoms with van der Waals surface area (Å²) in [7, 11) is 0. The second-order valence-corrected chi connectivity index (χ2v) is 14.7. The van der Waals surface area contributed by atoms with Gasteiger partial charge >= 0.3 is 0 Å². The Balaban J connectivity index is 1.21. The molecule has 10 rings (SSSR count). The topological polar surface area (TPSA) is 77.3 Å². The van der Waals surface area contributed by atoms with E-state index in [0.717, 1.165) is 83.8 Å². The van der Waals surface area contributed by atoms with Crippen molar-refractivity contribution in [2.75, 3.05) is 0 Å². The molecule has 0 amide bonds. The SMILES string of the molecule is Cc1c(-c2ccccc2)nc(-c2ccccc2-c2cc(-c3ccccn3)ccc2-c2ccccc2-c2nc(-c3ccccc3)nc(-c3ccccc3)n2)nc1-c1ccccc1. The number of hydrogen-bond acceptors (Lipinski definition) is 6. The van der Waals surface area contributed by atoms with Gasteiger partial charge in [-0.25, -0.2) is 24.9 Å². The van der Waals surface area contributed by atoms with Gasteiger partial charge in [0.25, 0.3) is 0 Å². The fraction of sp³-hybridized carbons (Fsp3) is 0.0182. The normalized spacial score (nSPS) is 11.0. The molecule has 0 N–H and O–H groups in total. The average Bonchev–Trinajstić information content (AvgIpc) is 3.35. The van der Waals surface area contributed by atoms with Crippen LogP contribution in [-0.2, 0) is 0 Å². The van der Waals surface area contributed by atoms with Gasteiger partial charge in [-0.3, -0.25) is 4.98 Å². The van der Waals surface area contributed by atoms with Crippen LogP contribution in [0.5, 0.6) is 0 Å². The summed E-state index contributed by atoms with van der Waals surface area (Å²) < 4.78 is 0. The third kappa shape index (κ3) is 7.50. The van der Waals surface area contributed by atoms with E-state index >= 15 is 0 Å². The van der Waals surface area contributed by atoms with Gasteiger partial charge in [-0.15, -0.1) is 0 Å². The van der Waals surface area contributed by atoms with Crippen molar-refractivity contribution in [2.24, 2.45) is 0 Å². The second kappa shape index (κ2) is 16.6. The van der Waals surface area contributed by atoms with Gasteiger partial charge in [0.05, 0.1) is 17.1 Å². The smallest absolute Gasteiger partial charge is 0.164 e. The average molecular weight is 783 g/mol. The van der Waals surface area contributed by atoms with Crippen molar-refractivity contribution in [3.63, 3.8) is 0 Å². The van der Waals surface area contributed by atoms with Crippen molar-refractivity contribution < 1.29 is 0 Å². The number of benzene rings is 7. The van der Waals surface area contributed by atoms with E-state index in [1.54, 1.807) is 0 Å². The zero-order chi connectivity index (χ0) is 41.0. The fourth-order valence-electron chi connectivity index (χ4n) is 7.84. The van der Waals surface area contributed by atoms with Crippen LogP contribution in [0.15, 0.2) is 212 Å². The summed E-state index contributed by atoms with van der Waals surface area (Å²) in [5.41, 5.74) is 14.3. The van der Waals surface area contributed by atoms with Gasteiger partial charge in [0.1, 0.15) is 0 Å². The van der Waals surface area contributed by atoms with Crippen LogP contribution < -0.4 is 0 Å². The summed E-state index contributed by atoms with van der Waals surface area (Å²) in [5, 5.41) is 0. The Labute approximate surface area is 355 Å². The maximum absolute atomic E-state index is 5.36. The minimum Gasteiger partial charge on any atom is -0.256 e. The van der Waals surface area contributed by atoms with E-state index in [0.29, 0.717) is 23.3 Å². The van der Waals surface area contributed by atoms with Crippen molar-refractivity contribution in [1.82, 2.24) is 29.9 Å². The molecule has 0 saturated carbocycles. The van der Waals surface area contributed by atoms with Gasteiger partial charge in [-0.05, 0) is 47.4 Å². The van der Waals surface area contributed by atoms with Crippen LogP contribution in [-0.4, -0.2) is 29.9 Å². The third-order valence-corrected chi connectivity index (χ3v) is 10.8. The molecule has 0 saturated heterocycles. The summed E-state index contributed by atoms with van der Waals surface area (Å²) in [6, 6.07) is 70.2.